The molecule has 0 unspecified atom stereocenters. The molecule has 2 amide bonds. The van der Waals surface area contributed by atoms with Crippen molar-refractivity contribution in [2.75, 3.05) is 33.1 Å². The maximum Gasteiger partial charge on any atom is 0.253 e. The number of nitrogens with zero attached hydrogens (tertiary/aromatic N) is 1. The van der Waals surface area contributed by atoms with Crippen molar-refractivity contribution in [3.63, 3.8) is 0 Å². The van der Waals surface area contributed by atoms with E-state index in [1.807, 2.05) is 13.0 Å². The zero-order valence-corrected chi connectivity index (χ0v) is 11.8. The average Bonchev–Trinajstić information content (AvgIpc) is 2.37. The number of hydrogen-bond donors (Lipinski definition) is 1. The number of carbonyl (C=O) groups is 2. The fourth-order valence-corrected chi connectivity index (χ4v) is 1.59. The van der Waals surface area contributed by atoms with E-state index >= 15 is 0 Å². The van der Waals surface area contributed by atoms with Crippen molar-refractivity contribution in [1.29, 1.82) is 0 Å². The highest BCUT2D eigenvalue weighted by molar-refractivity contribution is 5.98. The van der Waals surface area contributed by atoms with Crippen molar-refractivity contribution in [2.24, 2.45) is 0 Å². The van der Waals surface area contributed by atoms with Crippen LogP contribution in [0, 0.1) is 6.92 Å². The minimum Gasteiger partial charge on any atom is -0.384 e. The second-order valence-electron chi connectivity index (χ2n) is 4.52. The summed E-state index contributed by atoms with van der Waals surface area (Å²) >= 11 is 0. The molecular formula is C14H20N2O3. The highest BCUT2D eigenvalue weighted by Crippen LogP contribution is 2.16. The molecule has 0 aromatic heterocycles. The number of carbonyl (C=O) groups excluding carboxylic acids is 2. The van der Waals surface area contributed by atoms with E-state index in [2.05, 4.69) is 5.32 Å². The molecule has 0 saturated carbocycles. The molecule has 1 aromatic carbocycles. The van der Waals surface area contributed by atoms with Crippen LogP contribution in [0.25, 0.3) is 0 Å². The molecule has 5 nitrogen and oxygen atoms in total. The molecule has 0 aliphatic rings. The summed E-state index contributed by atoms with van der Waals surface area (Å²) in [5.74, 6) is -0.209. The summed E-state index contributed by atoms with van der Waals surface area (Å²) in [6.45, 7) is 2.24. The number of ether oxygens (including phenoxy) is 1. The molecule has 104 valence electrons. The lowest BCUT2D eigenvalue weighted by atomic mass is 10.1. The first-order chi connectivity index (χ1) is 8.95. The third kappa shape index (κ3) is 4.37. The van der Waals surface area contributed by atoms with E-state index in [1.165, 1.54) is 4.90 Å². The molecule has 1 N–H and O–H groups in total. The Hall–Kier alpha value is -1.88. The van der Waals surface area contributed by atoms with Crippen LogP contribution >= 0.6 is 0 Å². The number of methoxy groups -OCH3 is 1. The number of nitrogens with one attached hydrogen (secondary N) is 1. The Labute approximate surface area is 113 Å². The van der Waals surface area contributed by atoms with Gasteiger partial charge in [-0.3, -0.25) is 9.59 Å². The van der Waals surface area contributed by atoms with Crippen LogP contribution in [-0.2, 0) is 9.53 Å². The van der Waals surface area contributed by atoms with Crippen LogP contribution in [-0.4, -0.2) is 44.5 Å². The third-order valence-electron chi connectivity index (χ3n) is 2.69. The van der Waals surface area contributed by atoms with Crippen LogP contribution in [0.4, 0.5) is 5.69 Å². The largest absolute Gasteiger partial charge is 0.384 e. The second kappa shape index (κ2) is 6.89. The number of rotatable bonds is 5. The molecule has 0 radical (unpaired) electrons. The second-order valence-corrected chi connectivity index (χ2v) is 4.52. The van der Waals surface area contributed by atoms with Gasteiger partial charge < -0.3 is 15.0 Å². The predicted octanol–water partition coefficient (Wildman–Crippen LogP) is 1.67. The maximum atomic E-state index is 12.0. The molecule has 5 heteroatoms. The van der Waals surface area contributed by atoms with Gasteiger partial charge in [0.1, 0.15) is 0 Å². The maximum absolute atomic E-state index is 12.0. The fourth-order valence-electron chi connectivity index (χ4n) is 1.59. The summed E-state index contributed by atoms with van der Waals surface area (Å²) in [5, 5.41) is 2.75. The van der Waals surface area contributed by atoms with E-state index in [4.69, 9.17) is 4.74 Å². The Kier molecular flexibility index (Phi) is 5.51. The summed E-state index contributed by atoms with van der Waals surface area (Å²) in [6.07, 6.45) is 0.293. The first kappa shape index (κ1) is 15.2. The van der Waals surface area contributed by atoms with Crippen LogP contribution in [0.5, 0.6) is 0 Å². The summed E-state index contributed by atoms with van der Waals surface area (Å²) in [7, 11) is 4.95. The molecule has 0 heterocycles. The van der Waals surface area contributed by atoms with Gasteiger partial charge in [-0.1, -0.05) is 6.07 Å². The van der Waals surface area contributed by atoms with E-state index in [0.29, 0.717) is 24.3 Å². The lowest BCUT2D eigenvalue weighted by Crippen LogP contribution is -2.23. The van der Waals surface area contributed by atoms with E-state index in [9.17, 15) is 9.59 Å². The summed E-state index contributed by atoms with van der Waals surface area (Å²) in [4.78, 5) is 25.1. The number of anilines is 1. The minimum absolute atomic E-state index is 0.0782. The molecule has 0 aliphatic heterocycles. The van der Waals surface area contributed by atoms with E-state index in [1.54, 1.807) is 33.3 Å². The third-order valence-corrected chi connectivity index (χ3v) is 2.69. The average molecular weight is 264 g/mol. The first-order valence-corrected chi connectivity index (χ1v) is 6.06. The normalized spacial score (nSPS) is 10.1. The standard InChI is InChI=1S/C14H20N2O3/c1-10-5-6-11(15-13(17)7-8-19-4)9-12(10)14(18)16(2)3/h5-6,9H,7-8H2,1-4H3,(H,15,17). The van der Waals surface area contributed by atoms with Crippen LogP contribution < -0.4 is 5.32 Å². The lowest BCUT2D eigenvalue weighted by Gasteiger charge is -2.14. The highest BCUT2D eigenvalue weighted by atomic mass is 16.5. The Balaban J connectivity index is 2.84. The van der Waals surface area contributed by atoms with Gasteiger partial charge in [0.15, 0.2) is 0 Å². The smallest absolute Gasteiger partial charge is 0.253 e. The van der Waals surface area contributed by atoms with Gasteiger partial charge in [0.2, 0.25) is 5.91 Å². The van der Waals surface area contributed by atoms with Crippen molar-refractivity contribution in [3.05, 3.63) is 29.3 Å². The fraction of sp³-hybridized carbons (Fsp3) is 0.429. The zero-order chi connectivity index (χ0) is 14.4. The van der Waals surface area contributed by atoms with Crippen molar-refractivity contribution < 1.29 is 14.3 Å². The molecule has 0 fully saturated rings. The van der Waals surface area contributed by atoms with Crippen LogP contribution in [0.1, 0.15) is 22.3 Å². The summed E-state index contributed by atoms with van der Waals surface area (Å²) in [5.41, 5.74) is 2.10. The Bertz CT molecular complexity index is 470. The monoisotopic (exact) mass is 264 g/mol. The van der Waals surface area contributed by atoms with E-state index in [0.717, 1.165) is 5.56 Å². The number of hydrogen-bond acceptors (Lipinski definition) is 3. The van der Waals surface area contributed by atoms with Gasteiger partial charge in [0, 0.05) is 32.5 Å². The van der Waals surface area contributed by atoms with E-state index < -0.39 is 0 Å². The molecule has 1 aromatic rings. The molecule has 0 aliphatic carbocycles. The first-order valence-electron chi connectivity index (χ1n) is 6.06. The molecule has 0 bridgehead atoms. The molecule has 19 heavy (non-hydrogen) atoms. The van der Waals surface area contributed by atoms with Gasteiger partial charge in [0.25, 0.3) is 5.91 Å². The lowest BCUT2D eigenvalue weighted by molar-refractivity contribution is -0.117. The van der Waals surface area contributed by atoms with Crippen molar-refractivity contribution >= 4 is 17.5 Å². The van der Waals surface area contributed by atoms with Gasteiger partial charge in [-0.05, 0) is 24.6 Å². The SMILES string of the molecule is COCCC(=O)Nc1ccc(C)c(C(=O)N(C)C)c1. The van der Waals surface area contributed by atoms with Gasteiger partial charge in [-0.15, -0.1) is 0 Å². The van der Waals surface area contributed by atoms with E-state index in [-0.39, 0.29) is 11.8 Å². The Morgan fingerprint density at radius 1 is 1.32 bits per heavy atom. The topological polar surface area (TPSA) is 58.6 Å². The summed E-state index contributed by atoms with van der Waals surface area (Å²) < 4.78 is 4.84. The van der Waals surface area contributed by atoms with Crippen molar-refractivity contribution in [3.8, 4) is 0 Å². The van der Waals surface area contributed by atoms with Gasteiger partial charge >= 0.3 is 0 Å². The van der Waals surface area contributed by atoms with Gasteiger partial charge in [-0.2, -0.15) is 0 Å². The van der Waals surface area contributed by atoms with Crippen molar-refractivity contribution in [1.82, 2.24) is 4.90 Å². The molecule has 1 rings (SSSR count). The summed E-state index contributed by atoms with van der Waals surface area (Å²) in [6, 6.07) is 5.30. The molecule has 0 saturated heterocycles. The quantitative estimate of drug-likeness (QED) is 0.880. The Morgan fingerprint density at radius 2 is 2.00 bits per heavy atom. The van der Waals surface area contributed by atoms with Crippen LogP contribution in [0.15, 0.2) is 18.2 Å². The molecule has 0 spiro atoms. The van der Waals surface area contributed by atoms with Gasteiger partial charge in [-0.25, -0.2) is 0 Å². The number of aryl methyl sites for hydroxylation is 1. The van der Waals surface area contributed by atoms with Crippen molar-refractivity contribution in [2.45, 2.75) is 13.3 Å². The highest BCUT2D eigenvalue weighted by Gasteiger charge is 2.12. The predicted molar refractivity (Wildman–Crippen MR) is 74.3 cm³/mol. The minimum atomic E-state index is -0.131. The van der Waals surface area contributed by atoms with Gasteiger partial charge in [0.05, 0.1) is 13.0 Å². The zero-order valence-electron chi connectivity index (χ0n) is 11.8. The molecule has 0 atom stereocenters. The van der Waals surface area contributed by atoms with Crippen LogP contribution in [0.3, 0.4) is 0 Å². The molecular weight excluding hydrogens is 244 g/mol. The van der Waals surface area contributed by atoms with Crippen LogP contribution in [0.2, 0.25) is 0 Å². The number of amides is 2. The number of benzene rings is 1. The Morgan fingerprint density at radius 3 is 2.58 bits per heavy atom.